The van der Waals surface area contributed by atoms with Crippen LogP contribution in [0.5, 0.6) is 5.75 Å². The van der Waals surface area contributed by atoms with Crippen molar-refractivity contribution < 1.29 is 29.0 Å². The molecule has 202 valence electrons. The third kappa shape index (κ3) is 6.20. The predicted molar refractivity (Wildman–Crippen MR) is 150 cm³/mol. The van der Waals surface area contributed by atoms with E-state index >= 15 is 0 Å². The van der Waals surface area contributed by atoms with Gasteiger partial charge in [0.1, 0.15) is 11.5 Å². The van der Waals surface area contributed by atoms with E-state index in [0.717, 1.165) is 11.1 Å². The van der Waals surface area contributed by atoms with Crippen molar-refractivity contribution in [2.24, 2.45) is 5.92 Å². The molecule has 0 radical (unpaired) electrons. The molecule has 1 amide bonds. The minimum Gasteiger partial charge on any atom is -0.507 e. The SMILES string of the molecule is CCOC(=O)Cc1ccc(N2C(=O)C(=O)/C(=C(\O)c3ccc(OCC(C)C)cc3)C2c2cccc(C)c2)cc1. The minimum absolute atomic E-state index is 0.0112. The molecule has 1 atom stereocenters. The summed E-state index contributed by atoms with van der Waals surface area (Å²) in [7, 11) is 0. The molecule has 39 heavy (non-hydrogen) atoms. The number of ketones is 1. The van der Waals surface area contributed by atoms with E-state index in [1.807, 2.05) is 31.2 Å². The number of esters is 1. The van der Waals surface area contributed by atoms with Gasteiger partial charge in [-0.2, -0.15) is 0 Å². The lowest BCUT2D eigenvalue weighted by Gasteiger charge is -2.26. The number of aryl methyl sites for hydroxylation is 1. The number of hydrogen-bond acceptors (Lipinski definition) is 6. The largest absolute Gasteiger partial charge is 0.507 e. The number of ether oxygens (including phenoxy) is 2. The molecule has 1 heterocycles. The molecule has 1 N–H and O–H groups in total. The van der Waals surface area contributed by atoms with Gasteiger partial charge < -0.3 is 14.6 Å². The van der Waals surface area contributed by atoms with Crippen LogP contribution >= 0.6 is 0 Å². The molecule has 7 nitrogen and oxygen atoms in total. The summed E-state index contributed by atoms with van der Waals surface area (Å²) in [6.45, 7) is 8.64. The number of carbonyl (C=O) groups excluding carboxylic acids is 3. The van der Waals surface area contributed by atoms with Crippen molar-refractivity contribution >= 4 is 29.1 Å². The second-order valence-electron chi connectivity index (χ2n) is 9.96. The number of benzene rings is 3. The topological polar surface area (TPSA) is 93.1 Å². The summed E-state index contributed by atoms with van der Waals surface area (Å²) in [6.07, 6.45) is 0.102. The quantitative estimate of drug-likeness (QED) is 0.165. The van der Waals surface area contributed by atoms with Gasteiger partial charge >= 0.3 is 5.97 Å². The van der Waals surface area contributed by atoms with Crippen molar-refractivity contribution in [3.05, 3.63) is 101 Å². The number of hydrogen-bond donors (Lipinski definition) is 1. The molecule has 1 fully saturated rings. The molecule has 4 rings (SSSR count). The summed E-state index contributed by atoms with van der Waals surface area (Å²) in [5.74, 6) is -1.09. The van der Waals surface area contributed by atoms with E-state index in [-0.39, 0.29) is 23.7 Å². The van der Waals surface area contributed by atoms with Crippen molar-refractivity contribution in [3.8, 4) is 5.75 Å². The molecule has 7 heteroatoms. The van der Waals surface area contributed by atoms with E-state index in [4.69, 9.17) is 9.47 Å². The molecule has 1 unspecified atom stereocenters. The highest BCUT2D eigenvalue weighted by molar-refractivity contribution is 6.51. The molecular formula is C32H33NO6. The average Bonchev–Trinajstić information content (AvgIpc) is 3.18. The third-order valence-electron chi connectivity index (χ3n) is 6.38. The van der Waals surface area contributed by atoms with Gasteiger partial charge in [0.15, 0.2) is 0 Å². The van der Waals surface area contributed by atoms with Crippen LogP contribution in [0.15, 0.2) is 78.4 Å². The van der Waals surface area contributed by atoms with Gasteiger partial charge in [0, 0.05) is 11.3 Å². The molecule has 0 saturated carbocycles. The van der Waals surface area contributed by atoms with Crippen molar-refractivity contribution in [1.29, 1.82) is 0 Å². The van der Waals surface area contributed by atoms with Gasteiger partial charge in [0.2, 0.25) is 0 Å². The summed E-state index contributed by atoms with van der Waals surface area (Å²) in [6, 6.07) is 20.4. The van der Waals surface area contributed by atoms with Gasteiger partial charge in [-0.05, 0) is 67.3 Å². The molecule has 0 aliphatic carbocycles. The Labute approximate surface area is 228 Å². The smallest absolute Gasteiger partial charge is 0.310 e. The first-order valence-electron chi connectivity index (χ1n) is 13.0. The van der Waals surface area contributed by atoms with Crippen LogP contribution in [0.3, 0.4) is 0 Å². The van der Waals surface area contributed by atoms with E-state index < -0.39 is 17.7 Å². The Morgan fingerprint density at radius 3 is 2.31 bits per heavy atom. The summed E-state index contributed by atoms with van der Waals surface area (Å²) < 4.78 is 10.8. The normalized spacial score (nSPS) is 16.5. The van der Waals surface area contributed by atoms with E-state index in [9.17, 15) is 19.5 Å². The van der Waals surface area contributed by atoms with E-state index in [1.54, 1.807) is 55.5 Å². The van der Waals surface area contributed by atoms with Gasteiger partial charge in [0.25, 0.3) is 11.7 Å². The van der Waals surface area contributed by atoms with Gasteiger partial charge in [0.05, 0.1) is 31.2 Å². The van der Waals surface area contributed by atoms with Gasteiger partial charge in [-0.25, -0.2) is 0 Å². The van der Waals surface area contributed by atoms with Gasteiger partial charge in [-0.1, -0.05) is 55.8 Å². The van der Waals surface area contributed by atoms with Crippen LogP contribution in [0.4, 0.5) is 5.69 Å². The number of Topliss-reactive ketones (excluding diaryl/α,β-unsaturated/α-hetero) is 1. The standard InChI is InChI=1S/C32H33NO6/c1-5-38-27(34)18-22-9-13-25(14-10-22)33-29(24-8-6-7-21(4)17-24)28(31(36)32(33)37)30(35)23-11-15-26(16-12-23)39-19-20(2)3/h6-17,20,29,35H,5,18-19H2,1-4H3/b30-28-. The van der Waals surface area contributed by atoms with Crippen molar-refractivity contribution in [2.45, 2.75) is 40.2 Å². The molecule has 3 aromatic carbocycles. The second-order valence-corrected chi connectivity index (χ2v) is 9.96. The van der Waals surface area contributed by atoms with Crippen LogP contribution in [0, 0.1) is 12.8 Å². The first-order valence-corrected chi connectivity index (χ1v) is 13.0. The Kier molecular flexibility index (Phi) is 8.49. The number of nitrogens with zero attached hydrogens (tertiary/aromatic N) is 1. The summed E-state index contributed by atoms with van der Waals surface area (Å²) in [5, 5.41) is 11.4. The monoisotopic (exact) mass is 527 g/mol. The van der Waals surface area contributed by atoms with Crippen LogP contribution in [0.25, 0.3) is 5.76 Å². The lowest BCUT2D eigenvalue weighted by molar-refractivity contribution is -0.142. The Bertz CT molecular complexity index is 1390. The van der Waals surface area contributed by atoms with Gasteiger partial charge in [-0.3, -0.25) is 19.3 Å². The van der Waals surface area contributed by atoms with E-state index in [0.29, 0.717) is 41.7 Å². The van der Waals surface area contributed by atoms with Crippen molar-refractivity contribution in [2.75, 3.05) is 18.1 Å². The van der Waals surface area contributed by atoms with Crippen LogP contribution in [-0.2, 0) is 25.5 Å². The zero-order chi connectivity index (χ0) is 28.1. The second kappa shape index (κ2) is 12.0. The summed E-state index contributed by atoms with van der Waals surface area (Å²) in [5.41, 5.74) is 3.27. The predicted octanol–water partition coefficient (Wildman–Crippen LogP) is 5.76. The van der Waals surface area contributed by atoms with Crippen LogP contribution in [-0.4, -0.2) is 36.0 Å². The minimum atomic E-state index is -0.835. The molecule has 0 spiro atoms. The highest BCUT2D eigenvalue weighted by Crippen LogP contribution is 2.42. The van der Waals surface area contributed by atoms with E-state index in [1.165, 1.54) is 4.90 Å². The zero-order valence-corrected chi connectivity index (χ0v) is 22.6. The van der Waals surface area contributed by atoms with Crippen molar-refractivity contribution in [1.82, 2.24) is 0 Å². The number of amides is 1. The Balaban J connectivity index is 1.75. The Morgan fingerprint density at radius 2 is 1.69 bits per heavy atom. The Morgan fingerprint density at radius 1 is 1.00 bits per heavy atom. The summed E-state index contributed by atoms with van der Waals surface area (Å²) >= 11 is 0. The van der Waals surface area contributed by atoms with Crippen LogP contribution in [0.2, 0.25) is 0 Å². The molecule has 1 saturated heterocycles. The third-order valence-corrected chi connectivity index (χ3v) is 6.38. The molecule has 0 aromatic heterocycles. The number of rotatable bonds is 9. The maximum atomic E-state index is 13.4. The van der Waals surface area contributed by atoms with Gasteiger partial charge in [-0.15, -0.1) is 0 Å². The molecule has 0 bridgehead atoms. The average molecular weight is 528 g/mol. The number of aliphatic hydroxyl groups is 1. The first kappa shape index (κ1) is 27.6. The zero-order valence-electron chi connectivity index (χ0n) is 22.6. The Hall–Kier alpha value is -4.39. The maximum Gasteiger partial charge on any atom is 0.310 e. The summed E-state index contributed by atoms with van der Waals surface area (Å²) in [4.78, 5) is 40.1. The fraction of sp³-hybridized carbons (Fsp3) is 0.281. The van der Waals surface area contributed by atoms with Crippen LogP contribution in [0.1, 0.15) is 49.1 Å². The lowest BCUT2D eigenvalue weighted by Crippen LogP contribution is -2.29. The van der Waals surface area contributed by atoms with E-state index in [2.05, 4.69) is 13.8 Å². The molecule has 1 aliphatic heterocycles. The highest BCUT2D eigenvalue weighted by Gasteiger charge is 2.47. The lowest BCUT2D eigenvalue weighted by atomic mass is 9.94. The number of carbonyl (C=O) groups is 3. The fourth-order valence-electron chi connectivity index (χ4n) is 4.53. The molecule has 1 aliphatic rings. The molecular weight excluding hydrogens is 494 g/mol. The maximum absolute atomic E-state index is 13.4. The highest BCUT2D eigenvalue weighted by atomic mass is 16.5. The molecule has 3 aromatic rings. The number of aliphatic hydroxyl groups excluding tert-OH is 1. The van der Waals surface area contributed by atoms with Crippen molar-refractivity contribution in [3.63, 3.8) is 0 Å². The fourth-order valence-corrected chi connectivity index (χ4v) is 4.53. The number of anilines is 1. The van der Waals surface area contributed by atoms with Crippen LogP contribution < -0.4 is 9.64 Å². The first-order chi connectivity index (χ1) is 18.7.